The first kappa shape index (κ1) is 45.8. The fraction of sp³-hybridized carbons (Fsp3) is 0.720. The van der Waals surface area contributed by atoms with Gasteiger partial charge in [0, 0.05) is 21.5 Å². The monoisotopic (exact) mass is 747 g/mol. The summed E-state index contributed by atoms with van der Waals surface area (Å²) in [7, 11) is 0. The van der Waals surface area contributed by atoms with E-state index in [4.69, 9.17) is 18.9 Å². The molecule has 0 heterocycles. The van der Waals surface area contributed by atoms with Crippen LogP contribution in [0.15, 0.2) is 36.4 Å². The van der Waals surface area contributed by atoms with E-state index in [0.717, 1.165) is 96.7 Å². The van der Waals surface area contributed by atoms with E-state index in [1.54, 1.807) is 0 Å². The van der Waals surface area contributed by atoms with Gasteiger partial charge >= 0.3 is 0 Å². The topological polar surface area (TPSA) is 36.9 Å². The lowest BCUT2D eigenvalue weighted by Gasteiger charge is -2.20. The average molecular weight is 747 g/mol. The van der Waals surface area contributed by atoms with Crippen LogP contribution in [0.4, 0.5) is 0 Å². The van der Waals surface area contributed by atoms with Crippen LogP contribution in [-0.4, -0.2) is 26.4 Å². The first-order valence-corrected chi connectivity index (χ1v) is 23.3. The maximum Gasteiger partial charge on any atom is 0.135 e. The van der Waals surface area contributed by atoms with Crippen LogP contribution in [0.5, 0.6) is 23.0 Å². The Hall–Kier alpha value is -2.62. The SMILES string of the molecule is CCCCCCCCCOc1ccc2c(OCCCCCCCCC)c3cc(OCCCCCCCCC)ccc3c(OCCCCCCCCC)c2c1. The first-order chi connectivity index (χ1) is 26.7. The van der Waals surface area contributed by atoms with E-state index in [0.29, 0.717) is 0 Å². The highest BCUT2D eigenvalue weighted by atomic mass is 16.5. The third kappa shape index (κ3) is 18.3. The minimum Gasteiger partial charge on any atom is -0.494 e. The van der Waals surface area contributed by atoms with Crippen LogP contribution in [0.3, 0.4) is 0 Å². The molecular formula is C50H82O4. The Labute approximate surface area is 332 Å². The van der Waals surface area contributed by atoms with Crippen LogP contribution in [0.25, 0.3) is 21.5 Å². The molecule has 0 aromatic heterocycles. The van der Waals surface area contributed by atoms with Gasteiger partial charge in [-0.15, -0.1) is 0 Å². The maximum atomic E-state index is 6.79. The Morgan fingerprint density at radius 1 is 0.278 bits per heavy atom. The molecule has 0 aliphatic rings. The van der Waals surface area contributed by atoms with Crippen LogP contribution < -0.4 is 18.9 Å². The predicted molar refractivity (Wildman–Crippen MR) is 235 cm³/mol. The zero-order valence-corrected chi connectivity index (χ0v) is 35.7. The van der Waals surface area contributed by atoms with Crippen molar-refractivity contribution < 1.29 is 18.9 Å². The fourth-order valence-corrected chi connectivity index (χ4v) is 7.56. The van der Waals surface area contributed by atoms with Crippen molar-refractivity contribution in [2.45, 2.75) is 207 Å². The first-order valence-electron chi connectivity index (χ1n) is 23.3. The van der Waals surface area contributed by atoms with E-state index in [9.17, 15) is 0 Å². The summed E-state index contributed by atoms with van der Waals surface area (Å²) >= 11 is 0. The number of rotatable bonds is 36. The molecule has 0 aliphatic carbocycles. The molecule has 3 rings (SSSR count). The van der Waals surface area contributed by atoms with E-state index in [-0.39, 0.29) is 0 Å². The molecule has 0 aliphatic heterocycles. The van der Waals surface area contributed by atoms with Crippen molar-refractivity contribution in [3.63, 3.8) is 0 Å². The summed E-state index contributed by atoms with van der Waals surface area (Å²) < 4.78 is 26.4. The van der Waals surface area contributed by atoms with Crippen molar-refractivity contribution >= 4 is 21.5 Å². The Balaban J connectivity index is 1.83. The second kappa shape index (κ2) is 30.6. The standard InChI is InChI=1S/C50H82O4/c1-5-9-13-17-21-25-29-37-51-43-33-35-45-47(41-43)49(53-39-31-27-23-19-15-11-7-3)46-36-34-44(52-38-30-26-22-18-14-10-6-2)42-48(46)50(45)54-40-32-28-24-20-16-12-8-4/h33-36,41-42H,5-32,37-40H2,1-4H3. The summed E-state index contributed by atoms with van der Waals surface area (Å²) in [6.07, 6.45) is 35.7. The van der Waals surface area contributed by atoms with Gasteiger partial charge in [-0.05, 0) is 62.1 Å². The lowest BCUT2D eigenvalue weighted by molar-refractivity contribution is 0.300. The highest BCUT2D eigenvalue weighted by Crippen LogP contribution is 2.45. The molecule has 0 amide bonds. The van der Waals surface area contributed by atoms with Gasteiger partial charge in [-0.2, -0.15) is 0 Å². The third-order valence-corrected chi connectivity index (χ3v) is 11.0. The fourth-order valence-electron chi connectivity index (χ4n) is 7.56. The van der Waals surface area contributed by atoms with E-state index < -0.39 is 0 Å². The van der Waals surface area contributed by atoms with Gasteiger partial charge in [-0.3, -0.25) is 0 Å². The molecule has 306 valence electrons. The Kier molecular flexibility index (Phi) is 25.9. The van der Waals surface area contributed by atoms with Gasteiger partial charge in [-0.1, -0.05) is 182 Å². The molecule has 0 N–H and O–H groups in total. The predicted octanol–water partition coefficient (Wildman–Crippen LogP) is 16.5. The van der Waals surface area contributed by atoms with Gasteiger partial charge in [0.05, 0.1) is 26.4 Å². The number of hydrogen-bond acceptors (Lipinski definition) is 4. The Bertz CT molecular complexity index is 1250. The minimum atomic E-state index is 0.718. The molecule has 4 heteroatoms. The minimum absolute atomic E-state index is 0.718. The van der Waals surface area contributed by atoms with Gasteiger partial charge in [-0.25, -0.2) is 0 Å². The van der Waals surface area contributed by atoms with Crippen LogP contribution in [0.1, 0.15) is 207 Å². The number of ether oxygens (including phenoxy) is 4. The summed E-state index contributed by atoms with van der Waals surface area (Å²) in [5.41, 5.74) is 0. The second-order valence-electron chi connectivity index (χ2n) is 16.0. The summed E-state index contributed by atoms with van der Waals surface area (Å²) in [6, 6.07) is 13.1. The van der Waals surface area contributed by atoms with Gasteiger partial charge < -0.3 is 18.9 Å². The van der Waals surface area contributed by atoms with E-state index in [1.807, 2.05) is 0 Å². The van der Waals surface area contributed by atoms with E-state index >= 15 is 0 Å². The summed E-state index contributed by atoms with van der Waals surface area (Å²) in [4.78, 5) is 0. The van der Waals surface area contributed by atoms with Crippen LogP contribution >= 0.6 is 0 Å². The Morgan fingerprint density at radius 3 is 0.833 bits per heavy atom. The molecule has 0 saturated heterocycles. The molecule has 3 aromatic carbocycles. The number of benzene rings is 3. The molecule has 0 radical (unpaired) electrons. The highest BCUT2D eigenvalue weighted by molar-refractivity contribution is 6.11. The number of unbranched alkanes of at least 4 members (excludes halogenated alkanes) is 24. The molecule has 0 atom stereocenters. The van der Waals surface area contributed by atoms with Crippen molar-refractivity contribution in [1.29, 1.82) is 0 Å². The normalized spacial score (nSPS) is 11.5. The number of hydrogen-bond donors (Lipinski definition) is 0. The lowest BCUT2D eigenvalue weighted by Crippen LogP contribution is -2.04. The summed E-state index contributed by atoms with van der Waals surface area (Å²) in [5, 5.41) is 4.39. The van der Waals surface area contributed by atoms with Gasteiger partial charge in [0.15, 0.2) is 0 Å². The Morgan fingerprint density at radius 2 is 0.537 bits per heavy atom. The quantitative estimate of drug-likeness (QED) is 0.0438. The zero-order chi connectivity index (χ0) is 38.3. The highest BCUT2D eigenvalue weighted by Gasteiger charge is 2.18. The third-order valence-electron chi connectivity index (χ3n) is 11.0. The molecule has 0 fully saturated rings. The van der Waals surface area contributed by atoms with Gasteiger partial charge in [0.1, 0.15) is 23.0 Å². The van der Waals surface area contributed by atoms with E-state index in [2.05, 4.69) is 64.1 Å². The van der Waals surface area contributed by atoms with Crippen LogP contribution in [0.2, 0.25) is 0 Å². The van der Waals surface area contributed by atoms with Crippen LogP contribution in [-0.2, 0) is 0 Å². The second-order valence-corrected chi connectivity index (χ2v) is 16.0. The molecule has 0 spiro atoms. The molecule has 54 heavy (non-hydrogen) atoms. The van der Waals surface area contributed by atoms with E-state index in [1.165, 1.54) is 154 Å². The van der Waals surface area contributed by atoms with Crippen molar-refractivity contribution in [2.24, 2.45) is 0 Å². The zero-order valence-electron chi connectivity index (χ0n) is 35.7. The molecular weight excluding hydrogens is 665 g/mol. The summed E-state index contributed by atoms with van der Waals surface area (Å²) in [6.45, 7) is 12.1. The molecule has 4 nitrogen and oxygen atoms in total. The van der Waals surface area contributed by atoms with Crippen LogP contribution in [0, 0.1) is 0 Å². The molecule has 0 saturated carbocycles. The number of fused-ring (bicyclic) bond motifs is 2. The van der Waals surface area contributed by atoms with Crippen molar-refractivity contribution in [1.82, 2.24) is 0 Å². The van der Waals surface area contributed by atoms with Crippen molar-refractivity contribution in [3.05, 3.63) is 36.4 Å². The smallest absolute Gasteiger partial charge is 0.135 e. The largest absolute Gasteiger partial charge is 0.494 e. The molecule has 0 unspecified atom stereocenters. The van der Waals surface area contributed by atoms with Crippen molar-refractivity contribution in [2.75, 3.05) is 26.4 Å². The average Bonchev–Trinajstić information content (AvgIpc) is 3.19. The molecule has 3 aromatic rings. The summed E-state index contributed by atoms with van der Waals surface area (Å²) in [5.74, 6) is 3.74. The molecule has 0 bridgehead atoms. The maximum absolute atomic E-state index is 6.79. The van der Waals surface area contributed by atoms with Crippen molar-refractivity contribution in [3.8, 4) is 23.0 Å². The lowest BCUT2D eigenvalue weighted by atomic mass is 9.99. The van der Waals surface area contributed by atoms with Gasteiger partial charge in [0.2, 0.25) is 0 Å². The van der Waals surface area contributed by atoms with Gasteiger partial charge in [0.25, 0.3) is 0 Å².